The van der Waals surface area contributed by atoms with Crippen LogP contribution in [0.1, 0.15) is 0 Å². The predicted octanol–water partition coefficient (Wildman–Crippen LogP) is -1.11. The molecule has 13 heavy (non-hydrogen) atoms. The normalized spacial score (nSPS) is 49.6. The highest BCUT2D eigenvalue weighted by Crippen LogP contribution is 2.41. The van der Waals surface area contributed by atoms with E-state index in [1.165, 1.54) is 0 Å². The van der Waals surface area contributed by atoms with Crippen LogP contribution in [0, 0.1) is 0 Å². The fourth-order valence-electron chi connectivity index (χ4n) is 1.99. The van der Waals surface area contributed by atoms with Crippen molar-refractivity contribution in [2.75, 3.05) is 19.8 Å². The van der Waals surface area contributed by atoms with Crippen LogP contribution in [0.2, 0.25) is 0 Å². The number of epoxide rings is 1. The Balaban J connectivity index is 1.66. The van der Waals surface area contributed by atoms with Crippen LogP contribution in [-0.4, -0.2) is 55.6 Å². The Morgan fingerprint density at radius 1 is 1.00 bits per heavy atom. The van der Waals surface area contributed by atoms with Crippen LogP contribution in [0.4, 0.5) is 0 Å². The van der Waals surface area contributed by atoms with Gasteiger partial charge in [-0.15, -0.1) is 0 Å². The summed E-state index contributed by atoms with van der Waals surface area (Å²) < 4.78 is 21.5. The van der Waals surface area contributed by atoms with Crippen LogP contribution in [-0.2, 0) is 18.9 Å². The molecule has 3 aliphatic heterocycles. The van der Waals surface area contributed by atoms with Gasteiger partial charge in [0.15, 0.2) is 6.29 Å². The second-order valence-electron chi connectivity index (χ2n) is 3.50. The van der Waals surface area contributed by atoms with E-state index in [4.69, 9.17) is 24.1 Å². The van der Waals surface area contributed by atoms with Crippen LogP contribution in [0.3, 0.4) is 0 Å². The highest BCUT2D eigenvalue weighted by molar-refractivity contribution is 5.04. The lowest BCUT2D eigenvalue weighted by molar-refractivity contribution is -0.168. The Kier molecular flexibility index (Phi) is 1.81. The van der Waals surface area contributed by atoms with E-state index in [0.717, 1.165) is 0 Å². The molecule has 74 valence electrons. The Morgan fingerprint density at radius 2 is 1.77 bits per heavy atom. The summed E-state index contributed by atoms with van der Waals surface area (Å²) in [5, 5.41) is 8.94. The number of aliphatic hydroxyl groups is 1. The predicted molar refractivity (Wildman–Crippen MR) is 40.1 cm³/mol. The zero-order valence-corrected chi connectivity index (χ0v) is 7.09. The lowest BCUT2D eigenvalue weighted by Crippen LogP contribution is -2.33. The first-order chi connectivity index (χ1) is 6.40. The molecule has 0 bridgehead atoms. The number of hydrogen-bond acceptors (Lipinski definition) is 5. The van der Waals surface area contributed by atoms with Crippen LogP contribution in [0.15, 0.2) is 0 Å². The summed E-state index contributed by atoms with van der Waals surface area (Å²) >= 11 is 0. The van der Waals surface area contributed by atoms with Gasteiger partial charge in [0, 0.05) is 0 Å². The first kappa shape index (κ1) is 8.14. The first-order valence-corrected chi connectivity index (χ1v) is 4.55. The van der Waals surface area contributed by atoms with Crippen LogP contribution in [0.5, 0.6) is 0 Å². The lowest BCUT2D eigenvalue weighted by Gasteiger charge is -2.20. The highest BCUT2D eigenvalue weighted by Gasteiger charge is 2.60. The summed E-state index contributed by atoms with van der Waals surface area (Å²) in [7, 11) is 0. The van der Waals surface area contributed by atoms with E-state index in [1.54, 1.807) is 0 Å². The molecule has 0 aromatic rings. The third kappa shape index (κ3) is 1.19. The van der Waals surface area contributed by atoms with Gasteiger partial charge in [0.2, 0.25) is 0 Å². The van der Waals surface area contributed by atoms with Crippen molar-refractivity contribution < 1.29 is 24.1 Å². The second-order valence-corrected chi connectivity index (χ2v) is 3.50. The summed E-state index contributed by atoms with van der Waals surface area (Å²) in [4.78, 5) is 0. The molecule has 0 saturated carbocycles. The molecule has 0 aromatic heterocycles. The summed E-state index contributed by atoms with van der Waals surface area (Å²) in [6, 6.07) is 0. The highest BCUT2D eigenvalue weighted by atomic mass is 16.8. The third-order valence-electron chi connectivity index (χ3n) is 2.68. The number of ether oxygens (including phenoxy) is 4. The van der Waals surface area contributed by atoms with Gasteiger partial charge in [-0.2, -0.15) is 0 Å². The fraction of sp³-hybridized carbons (Fsp3) is 1.00. The van der Waals surface area contributed by atoms with E-state index in [1.807, 2.05) is 0 Å². The molecule has 5 nitrogen and oxygen atoms in total. The number of aliphatic hydroxyl groups excluding tert-OH is 1. The summed E-state index contributed by atoms with van der Waals surface area (Å²) in [5.74, 6) is 0. The van der Waals surface area contributed by atoms with Crippen molar-refractivity contribution in [3.63, 3.8) is 0 Å². The molecule has 3 fully saturated rings. The van der Waals surface area contributed by atoms with E-state index >= 15 is 0 Å². The Hall–Kier alpha value is -0.200. The molecule has 3 rings (SSSR count). The minimum absolute atomic E-state index is 0.00435. The molecule has 0 radical (unpaired) electrons. The van der Waals surface area contributed by atoms with Gasteiger partial charge in [-0.05, 0) is 0 Å². The fourth-order valence-corrected chi connectivity index (χ4v) is 1.99. The molecule has 0 amide bonds. The topological polar surface area (TPSA) is 60.5 Å². The SMILES string of the molecule is OC[C@@H]1O[C@@H](C2OCCO2)[C@@H]2O[C@@H]21. The molecule has 0 aromatic carbocycles. The van der Waals surface area contributed by atoms with E-state index in [2.05, 4.69) is 0 Å². The summed E-state index contributed by atoms with van der Waals surface area (Å²) in [6.45, 7) is 1.24. The van der Waals surface area contributed by atoms with Crippen molar-refractivity contribution in [1.82, 2.24) is 0 Å². The van der Waals surface area contributed by atoms with Crippen molar-refractivity contribution in [3.8, 4) is 0 Å². The van der Waals surface area contributed by atoms with Crippen molar-refractivity contribution >= 4 is 0 Å². The van der Waals surface area contributed by atoms with Crippen LogP contribution in [0.25, 0.3) is 0 Å². The third-order valence-corrected chi connectivity index (χ3v) is 2.68. The van der Waals surface area contributed by atoms with E-state index < -0.39 is 0 Å². The molecule has 3 heterocycles. The quantitative estimate of drug-likeness (QED) is 0.556. The summed E-state index contributed by atoms with van der Waals surface area (Å²) in [6.07, 6.45) is -0.512. The van der Waals surface area contributed by atoms with Gasteiger partial charge < -0.3 is 24.1 Å². The smallest absolute Gasteiger partial charge is 0.186 e. The molecule has 0 unspecified atom stereocenters. The maximum atomic E-state index is 8.94. The Morgan fingerprint density at radius 3 is 2.38 bits per heavy atom. The van der Waals surface area contributed by atoms with Crippen LogP contribution >= 0.6 is 0 Å². The largest absolute Gasteiger partial charge is 0.394 e. The zero-order valence-electron chi connectivity index (χ0n) is 7.09. The number of rotatable bonds is 2. The van der Waals surface area contributed by atoms with Crippen molar-refractivity contribution in [3.05, 3.63) is 0 Å². The molecular formula is C8H12O5. The molecule has 0 aliphatic carbocycles. The van der Waals surface area contributed by atoms with E-state index in [-0.39, 0.29) is 37.3 Å². The molecule has 3 saturated heterocycles. The van der Waals surface area contributed by atoms with Gasteiger partial charge in [-0.1, -0.05) is 0 Å². The molecular weight excluding hydrogens is 176 g/mol. The van der Waals surface area contributed by atoms with Crippen molar-refractivity contribution in [2.45, 2.75) is 30.7 Å². The lowest BCUT2D eigenvalue weighted by atomic mass is 10.2. The number of fused-ring (bicyclic) bond motifs is 1. The van der Waals surface area contributed by atoms with Gasteiger partial charge in [0.25, 0.3) is 0 Å². The van der Waals surface area contributed by atoms with Gasteiger partial charge >= 0.3 is 0 Å². The molecule has 1 N–H and O–H groups in total. The minimum atomic E-state index is -0.299. The van der Waals surface area contributed by atoms with Gasteiger partial charge in [-0.25, -0.2) is 0 Å². The molecule has 4 atom stereocenters. The first-order valence-electron chi connectivity index (χ1n) is 4.55. The van der Waals surface area contributed by atoms with Crippen molar-refractivity contribution in [1.29, 1.82) is 0 Å². The van der Waals surface area contributed by atoms with E-state index in [9.17, 15) is 0 Å². The van der Waals surface area contributed by atoms with Gasteiger partial charge in [0.05, 0.1) is 19.8 Å². The monoisotopic (exact) mass is 188 g/mol. The summed E-state index contributed by atoms with van der Waals surface area (Å²) in [5.41, 5.74) is 0. The zero-order chi connectivity index (χ0) is 8.84. The average molecular weight is 188 g/mol. The average Bonchev–Trinajstić information content (AvgIpc) is 2.67. The molecule has 3 aliphatic rings. The number of hydrogen-bond donors (Lipinski definition) is 1. The maximum absolute atomic E-state index is 8.94. The molecule has 5 heteroatoms. The standard InChI is InChI=1S/C8H12O5/c9-3-4-5-6(13-5)7(12-4)8-10-1-2-11-8/h4-9H,1-3H2/t4-,5+,6+,7+/m0/s1. The van der Waals surface area contributed by atoms with Gasteiger partial charge in [-0.3, -0.25) is 0 Å². The van der Waals surface area contributed by atoms with E-state index in [0.29, 0.717) is 13.2 Å². The maximum Gasteiger partial charge on any atom is 0.186 e. The second kappa shape index (κ2) is 2.90. The Bertz CT molecular complexity index is 203. The Labute approximate surface area is 75.5 Å². The van der Waals surface area contributed by atoms with Gasteiger partial charge in [0.1, 0.15) is 24.4 Å². The van der Waals surface area contributed by atoms with Crippen molar-refractivity contribution in [2.24, 2.45) is 0 Å². The minimum Gasteiger partial charge on any atom is -0.394 e. The van der Waals surface area contributed by atoms with Crippen LogP contribution < -0.4 is 0 Å². The molecule has 0 spiro atoms.